The van der Waals surface area contributed by atoms with Gasteiger partial charge < -0.3 is 5.32 Å². The van der Waals surface area contributed by atoms with Crippen molar-refractivity contribution in [2.75, 3.05) is 18.1 Å². The minimum atomic E-state index is 0.773. The molecule has 13 heavy (non-hydrogen) atoms. The summed E-state index contributed by atoms with van der Waals surface area (Å²) in [4.78, 5) is 0. The predicted octanol–water partition coefficient (Wildman–Crippen LogP) is 2.27. The Morgan fingerprint density at radius 1 is 1.23 bits per heavy atom. The lowest BCUT2D eigenvalue weighted by molar-refractivity contribution is 0.0524. The Kier molecular flexibility index (Phi) is 2.09. The molecule has 2 aliphatic heterocycles. The fourth-order valence-corrected chi connectivity index (χ4v) is 4.86. The fraction of sp³-hybridized carbons (Fsp3) is 1.00. The second kappa shape index (κ2) is 3.16. The second-order valence-electron chi connectivity index (χ2n) is 5.05. The number of nitrogens with one attached hydrogen (secondary N) is 1. The third kappa shape index (κ3) is 1.25. The molecule has 0 aromatic rings. The molecule has 3 fully saturated rings. The SMILES string of the molecule is C1CCC2(C1)CNC2C1CCSC1. The lowest BCUT2D eigenvalue weighted by Crippen LogP contribution is -2.64. The van der Waals surface area contributed by atoms with Crippen LogP contribution in [0.25, 0.3) is 0 Å². The predicted molar refractivity (Wildman–Crippen MR) is 58.1 cm³/mol. The van der Waals surface area contributed by atoms with E-state index in [2.05, 4.69) is 17.1 Å². The normalized spacial score (nSPS) is 42.5. The van der Waals surface area contributed by atoms with Crippen LogP contribution in [-0.2, 0) is 0 Å². The summed E-state index contributed by atoms with van der Waals surface area (Å²) >= 11 is 2.16. The Morgan fingerprint density at radius 3 is 2.62 bits per heavy atom. The summed E-state index contributed by atoms with van der Waals surface area (Å²) in [5.74, 6) is 3.86. The molecule has 3 rings (SSSR count). The quantitative estimate of drug-likeness (QED) is 0.692. The van der Waals surface area contributed by atoms with Crippen molar-refractivity contribution in [3.63, 3.8) is 0 Å². The maximum absolute atomic E-state index is 3.71. The van der Waals surface area contributed by atoms with Gasteiger partial charge in [0.1, 0.15) is 0 Å². The van der Waals surface area contributed by atoms with E-state index in [1.54, 1.807) is 0 Å². The molecule has 0 aromatic carbocycles. The van der Waals surface area contributed by atoms with Gasteiger partial charge in [-0.05, 0) is 42.1 Å². The van der Waals surface area contributed by atoms with Crippen LogP contribution in [0.15, 0.2) is 0 Å². The van der Waals surface area contributed by atoms with Gasteiger partial charge >= 0.3 is 0 Å². The van der Waals surface area contributed by atoms with Crippen LogP contribution < -0.4 is 5.32 Å². The lowest BCUT2D eigenvalue weighted by Gasteiger charge is -2.51. The molecule has 1 nitrogen and oxygen atoms in total. The van der Waals surface area contributed by atoms with Crippen molar-refractivity contribution in [2.45, 2.75) is 38.1 Å². The van der Waals surface area contributed by atoms with Crippen LogP contribution in [0.5, 0.6) is 0 Å². The van der Waals surface area contributed by atoms with Gasteiger partial charge in [-0.2, -0.15) is 11.8 Å². The topological polar surface area (TPSA) is 12.0 Å². The molecule has 1 N–H and O–H groups in total. The standard InChI is InChI=1S/C11H19NS/c1-2-5-11(4-1)8-12-10(11)9-3-6-13-7-9/h9-10,12H,1-8H2. The average Bonchev–Trinajstić information content (AvgIpc) is 2.72. The number of hydrogen-bond donors (Lipinski definition) is 1. The first-order chi connectivity index (χ1) is 6.41. The zero-order chi connectivity index (χ0) is 8.73. The molecule has 1 saturated carbocycles. The van der Waals surface area contributed by atoms with Crippen molar-refractivity contribution in [1.82, 2.24) is 5.32 Å². The van der Waals surface area contributed by atoms with Crippen LogP contribution in [-0.4, -0.2) is 24.1 Å². The molecule has 2 atom stereocenters. The highest BCUT2D eigenvalue weighted by Crippen LogP contribution is 2.49. The van der Waals surface area contributed by atoms with Gasteiger partial charge in [-0.1, -0.05) is 12.8 Å². The lowest BCUT2D eigenvalue weighted by atomic mass is 9.67. The van der Waals surface area contributed by atoms with E-state index in [0.717, 1.165) is 17.4 Å². The van der Waals surface area contributed by atoms with Gasteiger partial charge in [-0.25, -0.2) is 0 Å². The second-order valence-corrected chi connectivity index (χ2v) is 6.20. The fourth-order valence-electron chi connectivity index (χ4n) is 3.56. The summed E-state index contributed by atoms with van der Waals surface area (Å²) in [6.07, 6.45) is 7.51. The molecule has 0 bridgehead atoms. The molecule has 2 heterocycles. The van der Waals surface area contributed by atoms with Crippen molar-refractivity contribution in [3.8, 4) is 0 Å². The van der Waals surface area contributed by atoms with E-state index in [0.29, 0.717) is 0 Å². The molecular weight excluding hydrogens is 178 g/mol. The first-order valence-corrected chi connectivity index (χ1v) is 6.87. The van der Waals surface area contributed by atoms with Gasteiger partial charge in [0.05, 0.1) is 0 Å². The molecular formula is C11H19NS. The Bertz CT molecular complexity index is 192. The molecule has 0 amide bonds. The van der Waals surface area contributed by atoms with E-state index < -0.39 is 0 Å². The van der Waals surface area contributed by atoms with Crippen molar-refractivity contribution >= 4 is 11.8 Å². The van der Waals surface area contributed by atoms with Crippen LogP contribution in [0.4, 0.5) is 0 Å². The van der Waals surface area contributed by atoms with Gasteiger partial charge in [-0.3, -0.25) is 0 Å². The highest BCUT2D eigenvalue weighted by molar-refractivity contribution is 7.99. The van der Waals surface area contributed by atoms with Gasteiger partial charge in [0.15, 0.2) is 0 Å². The van der Waals surface area contributed by atoms with E-state index in [1.165, 1.54) is 50.2 Å². The smallest absolute Gasteiger partial charge is 0.0172 e. The van der Waals surface area contributed by atoms with E-state index >= 15 is 0 Å². The number of thioether (sulfide) groups is 1. The van der Waals surface area contributed by atoms with Gasteiger partial charge in [0, 0.05) is 12.6 Å². The summed E-state index contributed by atoms with van der Waals surface area (Å²) in [5, 5.41) is 3.71. The maximum atomic E-state index is 3.71. The third-order valence-corrected chi connectivity index (χ3v) is 5.56. The van der Waals surface area contributed by atoms with Crippen molar-refractivity contribution in [2.24, 2.45) is 11.3 Å². The largest absolute Gasteiger partial charge is 0.312 e. The Labute approximate surface area is 85.0 Å². The van der Waals surface area contributed by atoms with Crippen LogP contribution in [0.3, 0.4) is 0 Å². The van der Waals surface area contributed by atoms with E-state index in [1.807, 2.05) is 0 Å². The van der Waals surface area contributed by atoms with E-state index in [9.17, 15) is 0 Å². The molecule has 3 aliphatic rings. The first kappa shape index (κ1) is 8.60. The molecule has 1 aliphatic carbocycles. The number of hydrogen-bond acceptors (Lipinski definition) is 2. The zero-order valence-electron chi connectivity index (χ0n) is 8.22. The molecule has 2 heteroatoms. The molecule has 2 saturated heterocycles. The minimum absolute atomic E-state index is 0.773. The Morgan fingerprint density at radius 2 is 2.08 bits per heavy atom. The Hall–Kier alpha value is 0.310. The molecule has 0 radical (unpaired) electrons. The minimum Gasteiger partial charge on any atom is -0.312 e. The van der Waals surface area contributed by atoms with Crippen molar-refractivity contribution in [1.29, 1.82) is 0 Å². The monoisotopic (exact) mass is 197 g/mol. The molecule has 74 valence electrons. The number of rotatable bonds is 1. The van der Waals surface area contributed by atoms with E-state index in [-0.39, 0.29) is 0 Å². The van der Waals surface area contributed by atoms with E-state index in [4.69, 9.17) is 0 Å². The van der Waals surface area contributed by atoms with Gasteiger partial charge in [-0.15, -0.1) is 0 Å². The molecule has 1 spiro atoms. The maximum Gasteiger partial charge on any atom is 0.0172 e. The summed E-state index contributed by atoms with van der Waals surface area (Å²) < 4.78 is 0. The van der Waals surface area contributed by atoms with Gasteiger partial charge in [0.25, 0.3) is 0 Å². The first-order valence-electron chi connectivity index (χ1n) is 5.72. The molecule has 0 aromatic heterocycles. The highest BCUT2D eigenvalue weighted by atomic mass is 32.2. The highest BCUT2D eigenvalue weighted by Gasteiger charge is 2.51. The summed E-state index contributed by atoms with van der Waals surface area (Å²) in [6, 6.07) is 0.907. The average molecular weight is 197 g/mol. The van der Waals surface area contributed by atoms with Crippen LogP contribution in [0, 0.1) is 11.3 Å². The summed E-state index contributed by atoms with van der Waals surface area (Å²) in [7, 11) is 0. The Balaban J connectivity index is 1.70. The van der Waals surface area contributed by atoms with Crippen LogP contribution in [0.1, 0.15) is 32.1 Å². The van der Waals surface area contributed by atoms with Crippen molar-refractivity contribution in [3.05, 3.63) is 0 Å². The third-order valence-electron chi connectivity index (χ3n) is 4.37. The summed E-state index contributed by atoms with van der Waals surface area (Å²) in [6.45, 7) is 1.33. The van der Waals surface area contributed by atoms with Gasteiger partial charge in [0.2, 0.25) is 0 Å². The summed E-state index contributed by atoms with van der Waals surface area (Å²) in [5.41, 5.74) is 0.773. The van der Waals surface area contributed by atoms with Crippen LogP contribution in [0.2, 0.25) is 0 Å². The molecule has 2 unspecified atom stereocenters. The van der Waals surface area contributed by atoms with Crippen LogP contribution >= 0.6 is 11.8 Å². The zero-order valence-corrected chi connectivity index (χ0v) is 9.04. The van der Waals surface area contributed by atoms with Crippen molar-refractivity contribution < 1.29 is 0 Å².